The van der Waals surface area contributed by atoms with Crippen molar-refractivity contribution in [2.45, 2.75) is 19.8 Å². The van der Waals surface area contributed by atoms with Gasteiger partial charge in [-0.1, -0.05) is 0 Å². The number of nitrogens with one attached hydrogen (secondary N) is 2. The van der Waals surface area contributed by atoms with E-state index in [-0.39, 0.29) is 11.7 Å². The molecule has 0 saturated carbocycles. The fourth-order valence-corrected chi connectivity index (χ4v) is 2.27. The minimum Gasteiger partial charge on any atom is -0.494 e. The lowest BCUT2D eigenvalue weighted by Crippen LogP contribution is -2.46. The van der Waals surface area contributed by atoms with E-state index >= 15 is 0 Å². The number of rotatable bonds is 3. The molecule has 1 unspecified atom stereocenters. The first kappa shape index (κ1) is 13.8. The highest BCUT2D eigenvalue weighted by molar-refractivity contribution is 5.95. The Balaban J connectivity index is 2.10. The molecule has 1 aliphatic rings. The lowest BCUT2D eigenvalue weighted by molar-refractivity contribution is -0.125. The van der Waals surface area contributed by atoms with Crippen molar-refractivity contribution in [3.05, 3.63) is 24.0 Å². The summed E-state index contributed by atoms with van der Waals surface area (Å²) in [5, 5.41) is 6.06. The van der Waals surface area contributed by atoms with Gasteiger partial charge in [-0.25, -0.2) is 4.39 Å². The van der Waals surface area contributed by atoms with Crippen LogP contribution in [-0.4, -0.2) is 26.1 Å². The third-order valence-electron chi connectivity index (χ3n) is 3.55. The van der Waals surface area contributed by atoms with Crippen molar-refractivity contribution >= 4 is 11.6 Å². The summed E-state index contributed by atoms with van der Waals surface area (Å²) < 4.78 is 18.2. The van der Waals surface area contributed by atoms with Crippen LogP contribution in [0.25, 0.3) is 0 Å². The molecule has 0 bridgehead atoms. The molecule has 19 heavy (non-hydrogen) atoms. The first-order valence-electron chi connectivity index (χ1n) is 6.41. The highest BCUT2D eigenvalue weighted by atomic mass is 19.1. The standard InChI is InChI=1S/C14H19FN2O2/c1-14(6-3-7-16-9-14)13(18)17-10-4-5-11(15)12(8-10)19-2/h4-5,8,16H,3,6-7,9H2,1-2H3,(H,17,18). The van der Waals surface area contributed by atoms with Gasteiger partial charge < -0.3 is 15.4 Å². The lowest BCUT2D eigenvalue weighted by Gasteiger charge is -2.32. The van der Waals surface area contributed by atoms with E-state index < -0.39 is 11.2 Å². The molecule has 1 fully saturated rings. The largest absolute Gasteiger partial charge is 0.494 e. The number of amides is 1. The number of anilines is 1. The zero-order chi connectivity index (χ0) is 13.9. The van der Waals surface area contributed by atoms with Gasteiger partial charge in [-0.05, 0) is 38.4 Å². The smallest absolute Gasteiger partial charge is 0.231 e. The maximum Gasteiger partial charge on any atom is 0.231 e. The molecule has 1 heterocycles. The molecule has 4 nitrogen and oxygen atoms in total. The fraction of sp³-hybridized carbons (Fsp3) is 0.500. The summed E-state index contributed by atoms with van der Waals surface area (Å²) in [4.78, 5) is 12.3. The number of hydrogen-bond donors (Lipinski definition) is 2. The van der Waals surface area contributed by atoms with E-state index in [1.165, 1.54) is 25.3 Å². The molecule has 2 N–H and O–H groups in total. The molecular formula is C14H19FN2O2. The van der Waals surface area contributed by atoms with Gasteiger partial charge in [-0.15, -0.1) is 0 Å². The molecule has 0 aliphatic carbocycles. The Hall–Kier alpha value is -1.62. The van der Waals surface area contributed by atoms with Gasteiger partial charge >= 0.3 is 0 Å². The van der Waals surface area contributed by atoms with Crippen molar-refractivity contribution in [1.82, 2.24) is 5.32 Å². The highest BCUT2D eigenvalue weighted by Crippen LogP contribution is 2.28. The number of carbonyl (C=O) groups excluding carboxylic acids is 1. The van der Waals surface area contributed by atoms with E-state index in [9.17, 15) is 9.18 Å². The van der Waals surface area contributed by atoms with Crippen LogP contribution < -0.4 is 15.4 Å². The zero-order valence-corrected chi connectivity index (χ0v) is 11.3. The van der Waals surface area contributed by atoms with Crippen LogP contribution in [0, 0.1) is 11.2 Å². The summed E-state index contributed by atoms with van der Waals surface area (Å²) in [5.41, 5.74) is 0.134. The van der Waals surface area contributed by atoms with Crippen molar-refractivity contribution in [2.75, 3.05) is 25.5 Å². The topological polar surface area (TPSA) is 50.4 Å². The van der Waals surface area contributed by atoms with Crippen LogP contribution in [0.1, 0.15) is 19.8 Å². The van der Waals surface area contributed by atoms with Gasteiger partial charge in [0.05, 0.1) is 12.5 Å². The SMILES string of the molecule is COc1cc(NC(=O)C2(C)CCCNC2)ccc1F. The highest BCUT2D eigenvalue weighted by Gasteiger charge is 2.34. The lowest BCUT2D eigenvalue weighted by atomic mass is 9.82. The van der Waals surface area contributed by atoms with Crippen LogP contribution in [0.4, 0.5) is 10.1 Å². The molecule has 5 heteroatoms. The summed E-state index contributed by atoms with van der Waals surface area (Å²) >= 11 is 0. The van der Waals surface area contributed by atoms with Gasteiger partial charge in [0.2, 0.25) is 5.91 Å². The zero-order valence-electron chi connectivity index (χ0n) is 11.3. The molecule has 1 aliphatic heterocycles. The Kier molecular flexibility index (Phi) is 4.04. The minimum absolute atomic E-state index is 0.0478. The first-order chi connectivity index (χ1) is 9.05. The van der Waals surface area contributed by atoms with E-state index in [1.54, 1.807) is 0 Å². The molecule has 104 valence electrons. The Morgan fingerprint density at radius 2 is 2.32 bits per heavy atom. The van der Waals surface area contributed by atoms with E-state index in [0.717, 1.165) is 19.4 Å². The fourth-order valence-electron chi connectivity index (χ4n) is 2.27. The monoisotopic (exact) mass is 266 g/mol. The quantitative estimate of drug-likeness (QED) is 0.881. The van der Waals surface area contributed by atoms with Crippen LogP contribution in [0.3, 0.4) is 0 Å². The van der Waals surface area contributed by atoms with Gasteiger partial charge in [0.15, 0.2) is 11.6 Å². The van der Waals surface area contributed by atoms with Crippen molar-refractivity contribution in [2.24, 2.45) is 5.41 Å². The predicted octanol–water partition coefficient (Wildman–Crippen LogP) is 2.16. The summed E-state index contributed by atoms with van der Waals surface area (Å²) in [6.45, 7) is 3.56. The van der Waals surface area contributed by atoms with E-state index in [1.807, 2.05) is 6.92 Å². The molecule has 0 aromatic heterocycles. The second-order valence-corrected chi connectivity index (χ2v) is 5.14. The van der Waals surface area contributed by atoms with Gasteiger partial charge in [0.25, 0.3) is 0 Å². The molecule has 1 atom stereocenters. The molecule has 1 amide bonds. The van der Waals surface area contributed by atoms with Crippen LogP contribution in [0.2, 0.25) is 0 Å². The molecule has 0 radical (unpaired) electrons. The van der Waals surface area contributed by atoms with Crippen molar-refractivity contribution in [3.8, 4) is 5.75 Å². The van der Waals surface area contributed by atoms with Crippen molar-refractivity contribution in [1.29, 1.82) is 0 Å². The Bertz CT molecular complexity index is 471. The molecule has 1 aromatic rings. The average Bonchev–Trinajstić information content (AvgIpc) is 2.41. The van der Waals surface area contributed by atoms with Gasteiger partial charge in [0.1, 0.15) is 0 Å². The molecule has 1 aromatic carbocycles. The number of methoxy groups -OCH3 is 1. The number of ether oxygens (including phenoxy) is 1. The third-order valence-corrected chi connectivity index (χ3v) is 3.55. The Labute approximate surface area is 112 Å². The number of piperidine rings is 1. The number of halogens is 1. The van der Waals surface area contributed by atoms with Crippen molar-refractivity contribution in [3.63, 3.8) is 0 Å². The minimum atomic E-state index is -0.439. The molecular weight excluding hydrogens is 247 g/mol. The molecule has 2 rings (SSSR count). The Morgan fingerprint density at radius 3 is 2.95 bits per heavy atom. The second-order valence-electron chi connectivity index (χ2n) is 5.14. The normalized spacial score (nSPS) is 22.9. The summed E-state index contributed by atoms with van der Waals surface area (Å²) in [6, 6.07) is 4.32. The summed E-state index contributed by atoms with van der Waals surface area (Å²) in [5.74, 6) is -0.357. The van der Waals surface area contributed by atoms with Crippen LogP contribution in [-0.2, 0) is 4.79 Å². The van der Waals surface area contributed by atoms with Gasteiger partial charge in [-0.3, -0.25) is 4.79 Å². The van der Waals surface area contributed by atoms with Crippen LogP contribution in [0.15, 0.2) is 18.2 Å². The second kappa shape index (κ2) is 5.57. The number of hydrogen-bond acceptors (Lipinski definition) is 3. The third kappa shape index (κ3) is 3.04. The van der Waals surface area contributed by atoms with Crippen LogP contribution in [0.5, 0.6) is 5.75 Å². The predicted molar refractivity (Wildman–Crippen MR) is 71.8 cm³/mol. The van der Waals surface area contributed by atoms with E-state index in [0.29, 0.717) is 12.2 Å². The number of benzene rings is 1. The Morgan fingerprint density at radius 1 is 1.53 bits per heavy atom. The number of carbonyl (C=O) groups is 1. The van der Waals surface area contributed by atoms with Crippen LogP contribution >= 0.6 is 0 Å². The maximum atomic E-state index is 13.3. The van der Waals surface area contributed by atoms with E-state index in [4.69, 9.17) is 4.74 Å². The summed E-state index contributed by atoms with van der Waals surface area (Å²) in [7, 11) is 1.40. The molecule has 1 saturated heterocycles. The average molecular weight is 266 g/mol. The maximum absolute atomic E-state index is 13.3. The van der Waals surface area contributed by atoms with Gasteiger partial charge in [0, 0.05) is 18.3 Å². The van der Waals surface area contributed by atoms with Gasteiger partial charge in [-0.2, -0.15) is 0 Å². The first-order valence-corrected chi connectivity index (χ1v) is 6.41. The summed E-state index contributed by atoms with van der Waals surface area (Å²) in [6.07, 6.45) is 1.83. The van der Waals surface area contributed by atoms with Crippen molar-refractivity contribution < 1.29 is 13.9 Å². The molecule has 0 spiro atoms. The van der Waals surface area contributed by atoms with E-state index in [2.05, 4.69) is 10.6 Å².